The predicted molar refractivity (Wildman–Crippen MR) is 72.8 cm³/mol. The van der Waals surface area contributed by atoms with Gasteiger partial charge in [-0.3, -0.25) is 0 Å². The van der Waals surface area contributed by atoms with E-state index in [-0.39, 0.29) is 11.4 Å². The van der Waals surface area contributed by atoms with Crippen LogP contribution in [-0.2, 0) is 4.74 Å². The Morgan fingerprint density at radius 3 is 2.58 bits per heavy atom. The first-order valence-electron chi connectivity index (χ1n) is 5.66. The van der Waals surface area contributed by atoms with Gasteiger partial charge in [0.05, 0.1) is 12.8 Å². The molecule has 0 radical (unpaired) electrons. The van der Waals surface area contributed by atoms with Crippen LogP contribution in [0.3, 0.4) is 0 Å². The summed E-state index contributed by atoms with van der Waals surface area (Å²) in [5.74, 6) is -0.319. The van der Waals surface area contributed by atoms with E-state index >= 15 is 0 Å². The summed E-state index contributed by atoms with van der Waals surface area (Å²) in [5.41, 5.74) is 2.42. The highest BCUT2D eigenvalue weighted by Crippen LogP contribution is 2.22. The number of hydrogen-bond acceptors (Lipinski definition) is 4. The van der Waals surface area contributed by atoms with E-state index in [0.717, 1.165) is 11.1 Å². The summed E-state index contributed by atoms with van der Waals surface area (Å²) in [4.78, 5) is 15.8. The second kappa shape index (κ2) is 5.35. The Morgan fingerprint density at radius 2 is 2.00 bits per heavy atom. The van der Waals surface area contributed by atoms with Gasteiger partial charge in [-0.25, -0.2) is 9.78 Å². The Balaban J connectivity index is 2.53. The number of aromatic nitrogens is 1. The van der Waals surface area contributed by atoms with Crippen molar-refractivity contribution in [2.45, 2.75) is 0 Å². The molecule has 2 aromatic rings. The second-order valence-corrected chi connectivity index (χ2v) is 3.91. The van der Waals surface area contributed by atoms with Crippen molar-refractivity contribution in [1.29, 1.82) is 0 Å². The van der Waals surface area contributed by atoms with Crippen molar-refractivity contribution >= 4 is 12.0 Å². The summed E-state index contributed by atoms with van der Waals surface area (Å²) in [6, 6.07) is 10.0. The molecule has 19 heavy (non-hydrogen) atoms. The van der Waals surface area contributed by atoms with Crippen molar-refractivity contribution in [1.82, 2.24) is 4.98 Å². The number of hydrogen-bond donors (Lipinski definition) is 1. The molecule has 1 heterocycles. The normalized spacial score (nSPS) is 9.95. The minimum absolute atomic E-state index is 0.178. The Labute approximate surface area is 111 Å². The number of esters is 1. The van der Waals surface area contributed by atoms with E-state index in [1.807, 2.05) is 6.07 Å². The summed E-state index contributed by atoms with van der Waals surface area (Å²) in [6.07, 6.45) is 1.64. The van der Waals surface area contributed by atoms with Gasteiger partial charge in [-0.2, -0.15) is 0 Å². The maximum absolute atomic E-state index is 11.6. The zero-order chi connectivity index (χ0) is 13.8. The van der Waals surface area contributed by atoms with Crippen LogP contribution >= 0.6 is 0 Å². The third kappa shape index (κ3) is 2.80. The lowest BCUT2D eigenvalue weighted by atomic mass is 10.1. The molecule has 0 unspecified atom stereocenters. The summed E-state index contributed by atoms with van der Waals surface area (Å²) in [5, 5.41) is 9.27. The molecule has 96 valence electrons. The van der Waals surface area contributed by atoms with Gasteiger partial charge in [0.1, 0.15) is 11.4 Å². The molecule has 0 spiro atoms. The standard InChI is InChI=1S/C15H13NO3/c1-3-10-8-13(11-4-6-12(17)7-5-11)16-14(9-10)15(18)19-2/h3-9,17H,1H2,2H3. The van der Waals surface area contributed by atoms with Crippen molar-refractivity contribution in [3.8, 4) is 17.0 Å². The number of methoxy groups -OCH3 is 1. The van der Waals surface area contributed by atoms with Gasteiger partial charge in [-0.1, -0.05) is 12.7 Å². The third-order valence-electron chi connectivity index (χ3n) is 2.64. The fourth-order valence-corrected chi connectivity index (χ4v) is 1.66. The van der Waals surface area contributed by atoms with Gasteiger partial charge in [0.15, 0.2) is 0 Å². The monoisotopic (exact) mass is 255 g/mol. The largest absolute Gasteiger partial charge is 0.508 e. The molecule has 0 fully saturated rings. The number of nitrogens with zero attached hydrogens (tertiary/aromatic N) is 1. The van der Waals surface area contributed by atoms with E-state index in [9.17, 15) is 9.90 Å². The van der Waals surface area contributed by atoms with E-state index in [1.54, 1.807) is 36.4 Å². The summed E-state index contributed by atoms with van der Waals surface area (Å²) in [7, 11) is 1.31. The fourth-order valence-electron chi connectivity index (χ4n) is 1.66. The second-order valence-electron chi connectivity index (χ2n) is 3.91. The number of phenolic OH excluding ortho intramolecular Hbond substituents is 1. The van der Waals surface area contributed by atoms with Crippen molar-refractivity contribution in [2.24, 2.45) is 0 Å². The molecule has 2 rings (SSSR count). The highest BCUT2D eigenvalue weighted by atomic mass is 16.5. The van der Waals surface area contributed by atoms with Crippen LogP contribution in [0.15, 0.2) is 43.0 Å². The summed E-state index contributed by atoms with van der Waals surface area (Å²) >= 11 is 0. The molecular weight excluding hydrogens is 242 g/mol. The van der Waals surface area contributed by atoms with Crippen LogP contribution < -0.4 is 0 Å². The molecule has 0 saturated carbocycles. The average Bonchev–Trinajstić information content (AvgIpc) is 2.46. The number of benzene rings is 1. The number of pyridine rings is 1. The van der Waals surface area contributed by atoms with Gasteiger partial charge < -0.3 is 9.84 Å². The lowest BCUT2D eigenvalue weighted by Crippen LogP contribution is -2.05. The van der Waals surface area contributed by atoms with Crippen LogP contribution in [-0.4, -0.2) is 23.2 Å². The molecule has 0 atom stereocenters. The molecule has 0 aliphatic heterocycles. The number of rotatable bonds is 3. The molecule has 4 nitrogen and oxygen atoms in total. The zero-order valence-corrected chi connectivity index (χ0v) is 10.5. The average molecular weight is 255 g/mol. The van der Waals surface area contributed by atoms with Gasteiger partial charge >= 0.3 is 5.97 Å². The first kappa shape index (κ1) is 12.8. The van der Waals surface area contributed by atoms with Crippen LogP contribution in [0.25, 0.3) is 17.3 Å². The SMILES string of the molecule is C=Cc1cc(C(=O)OC)nc(-c2ccc(O)cc2)c1. The van der Waals surface area contributed by atoms with E-state index in [4.69, 9.17) is 0 Å². The first-order chi connectivity index (χ1) is 9.13. The zero-order valence-electron chi connectivity index (χ0n) is 10.5. The predicted octanol–water partition coefficient (Wildman–Crippen LogP) is 2.88. The Bertz CT molecular complexity index is 618. The van der Waals surface area contributed by atoms with E-state index in [2.05, 4.69) is 16.3 Å². The van der Waals surface area contributed by atoms with Crippen molar-refractivity contribution < 1.29 is 14.6 Å². The molecule has 1 aromatic heterocycles. The Hall–Kier alpha value is -2.62. The molecular formula is C15H13NO3. The maximum atomic E-state index is 11.6. The number of phenols is 1. The molecule has 1 N–H and O–H groups in total. The van der Waals surface area contributed by atoms with E-state index < -0.39 is 5.97 Å². The topological polar surface area (TPSA) is 59.4 Å². The van der Waals surface area contributed by atoms with Crippen LogP contribution in [0.2, 0.25) is 0 Å². The Morgan fingerprint density at radius 1 is 1.32 bits per heavy atom. The van der Waals surface area contributed by atoms with Crippen molar-refractivity contribution in [3.63, 3.8) is 0 Å². The fraction of sp³-hybridized carbons (Fsp3) is 0.0667. The number of aromatic hydroxyl groups is 1. The summed E-state index contributed by atoms with van der Waals surface area (Å²) in [6.45, 7) is 3.69. The lowest BCUT2D eigenvalue weighted by molar-refractivity contribution is 0.0594. The third-order valence-corrected chi connectivity index (χ3v) is 2.64. The Kier molecular flexibility index (Phi) is 3.61. The van der Waals surface area contributed by atoms with Gasteiger partial charge in [0.25, 0.3) is 0 Å². The minimum Gasteiger partial charge on any atom is -0.508 e. The molecule has 0 aliphatic carbocycles. The lowest BCUT2D eigenvalue weighted by Gasteiger charge is -2.06. The van der Waals surface area contributed by atoms with Crippen LogP contribution in [0.4, 0.5) is 0 Å². The van der Waals surface area contributed by atoms with Gasteiger partial charge in [-0.05, 0) is 42.0 Å². The maximum Gasteiger partial charge on any atom is 0.356 e. The molecule has 0 saturated heterocycles. The highest BCUT2D eigenvalue weighted by molar-refractivity contribution is 5.88. The van der Waals surface area contributed by atoms with Crippen LogP contribution in [0.1, 0.15) is 16.1 Å². The minimum atomic E-state index is -0.497. The molecule has 4 heteroatoms. The molecule has 0 aliphatic rings. The highest BCUT2D eigenvalue weighted by Gasteiger charge is 2.11. The smallest absolute Gasteiger partial charge is 0.356 e. The quantitative estimate of drug-likeness (QED) is 0.857. The van der Waals surface area contributed by atoms with E-state index in [1.165, 1.54) is 7.11 Å². The number of ether oxygens (including phenoxy) is 1. The van der Waals surface area contributed by atoms with Crippen molar-refractivity contribution in [2.75, 3.05) is 7.11 Å². The summed E-state index contributed by atoms with van der Waals surface area (Å²) < 4.78 is 4.67. The van der Waals surface area contributed by atoms with Crippen LogP contribution in [0, 0.1) is 0 Å². The number of carbonyl (C=O) groups excluding carboxylic acids is 1. The number of carbonyl (C=O) groups is 1. The molecule has 1 aromatic carbocycles. The van der Waals surface area contributed by atoms with Gasteiger partial charge in [-0.15, -0.1) is 0 Å². The molecule has 0 amide bonds. The van der Waals surface area contributed by atoms with Gasteiger partial charge in [0.2, 0.25) is 0 Å². The first-order valence-corrected chi connectivity index (χ1v) is 5.66. The van der Waals surface area contributed by atoms with E-state index in [0.29, 0.717) is 5.69 Å². The van der Waals surface area contributed by atoms with Crippen molar-refractivity contribution in [3.05, 3.63) is 54.2 Å². The van der Waals surface area contributed by atoms with Gasteiger partial charge in [0, 0.05) is 5.56 Å². The van der Waals surface area contributed by atoms with Crippen LogP contribution in [0.5, 0.6) is 5.75 Å². The molecule has 0 bridgehead atoms.